The highest BCUT2D eigenvalue weighted by Crippen LogP contribution is 2.37. The zero-order valence-electron chi connectivity index (χ0n) is 16.4. The van der Waals surface area contributed by atoms with Gasteiger partial charge < -0.3 is 14.4 Å². The zero-order valence-corrected chi connectivity index (χ0v) is 17.1. The smallest absolute Gasteiger partial charge is 0.261 e. The Kier molecular flexibility index (Phi) is 6.10. The minimum absolute atomic E-state index is 0.0106. The van der Waals surface area contributed by atoms with Crippen LogP contribution in [0.4, 0.5) is 4.39 Å². The first-order valence-corrected chi connectivity index (χ1v) is 10.4. The number of hydrogen-bond acceptors (Lipinski definition) is 4. The molecule has 2 saturated heterocycles. The summed E-state index contributed by atoms with van der Waals surface area (Å²) in [5, 5.41) is 9.51. The van der Waals surface area contributed by atoms with Crippen LogP contribution in [0.15, 0.2) is 42.5 Å². The molecule has 7 heteroatoms. The maximum Gasteiger partial charge on any atom is 0.261 e. The number of hydrogen-bond donors (Lipinski definition) is 0. The van der Waals surface area contributed by atoms with Crippen LogP contribution in [0.25, 0.3) is 0 Å². The van der Waals surface area contributed by atoms with Gasteiger partial charge in [0.2, 0.25) is 0 Å². The van der Waals surface area contributed by atoms with Crippen LogP contribution in [-0.4, -0.2) is 35.6 Å². The van der Waals surface area contributed by atoms with E-state index in [1.54, 1.807) is 30.3 Å². The summed E-state index contributed by atoms with van der Waals surface area (Å²) in [6, 6.07) is 13.4. The molecule has 1 amide bonds. The van der Waals surface area contributed by atoms with Crippen LogP contribution >= 0.6 is 11.6 Å². The molecule has 0 N–H and O–H groups in total. The number of rotatable bonds is 6. The fourth-order valence-corrected chi connectivity index (χ4v) is 4.66. The molecule has 2 aromatic rings. The Balaban J connectivity index is 1.36. The number of fused-ring (bicyclic) bond motifs is 2. The van der Waals surface area contributed by atoms with E-state index in [9.17, 15) is 9.18 Å². The van der Waals surface area contributed by atoms with E-state index in [4.69, 9.17) is 26.3 Å². The van der Waals surface area contributed by atoms with Crippen LogP contribution in [-0.2, 0) is 11.2 Å². The topological polar surface area (TPSA) is 62.6 Å². The van der Waals surface area contributed by atoms with Crippen molar-refractivity contribution in [3.05, 3.63) is 58.9 Å². The third kappa shape index (κ3) is 4.52. The molecule has 2 fully saturated rings. The highest BCUT2D eigenvalue weighted by molar-refractivity contribution is 6.30. The van der Waals surface area contributed by atoms with Gasteiger partial charge in [-0.2, -0.15) is 5.26 Å². The van der Waals surface area contributed by atoms with Gasteiger partial charge in [0.25, 0.3) is 5.91 Å². The van der Waals surface area contributed by atoms with Crippen molar-refractivity contribution in [2.24, 2.45) is 0 Å². The van der Waals surface area contributed by atoms with Gasteiger partial charge in [0.1, 0.15) is 23.4 Å². The van der Waals surface area contributed by atoms with E-state index in [0.717, 1.165) is 25.7 Å². The lowest BCUT2D eigenvalue weighted by atomic mass is 9.99. The van der Waals surface area contributed by atoms with Gasteiger partial charge in [-0.3, -0.25) is 4.79 Å². The lowest BCUT2D eigenvalue weighted by molar-refractivity contribution is -0.139. The summed E-state index contributed by atoms with van der Waals surface area (Å²) < 4.78 is 24.9. The molecular formula is C23H22ClFN2O3. The van der Waals surface area contributed by atoms with Gasteiger partial charge >= 0.3 is 0 Å². The molecular weight excluding hydrogens is 407 g/mol. The summed E-state index contributed by atoms with van der Waals surface area (Å²) in [6.45, 7) is -0.0729. The third-order valence-electron chi connectivity index (χ3n) is 5.74. The highest BCUT2D eigenvalue weighted by atomic mass is 35.5. The van der Waals surface area contributed by atoms with Crippen molar-refractivity contribution in [3.63, 3.8) is 0 Å². The Bertz CT molecular complexity index is 946. The Morgan fingerprint density at radius 1 is 1.17 bits per heavy atom. The number of nitrogens with zero attached hydrogens (tertiary/aromatic N) is 2. The van der Waals surface area contributed by atoms with Crippen LogP contribution in [0, 0.1) is 17.1 Å². The number of halogens is 2. The van der Waals surface area contributed by atoms with Gasteiger partial charge in [0.15, 0.2) is 6.61 Å². The first-order chi connectivity index (χ1) is 14.5. The molecule has 2 aliphatic heterocycles. The SMILES string of the molecule is N#CCc1cc(Cl)ccc1OCC(=O)N1C2CCC1CC(Oc1ccc(F)cc1)C2. The Morgan fingerprint density at radius 2 is 1.87 bits per heavy atom. The predicted octanol–water partition coefficient (Wildman–Crippen LogP) is 4.52. The summed E-state index contributed by atoms with van der Waals surface area (Å²) in [5.41, 5.74) is 0.673. The molecule has 0 aromatic heterocycles. The standard InChI is InChI=1S/C23H22ClFN2O3/c24-16-1-8-22(15(11-16)9-10-26)29-14-23(28)27-18-4-5-19(27)13-21(12-18)30-20-6-2-17(25)3-7-20/h1-3,6-8,11,18-19,21H,4-5,9,12-14H2. The summed E-state index contributed by atoms with van der Waals surface area (Å²) in [4.78, 5) is 14.8. The summed E-state index contributed by atoms with van der Waals surface area (Å²) in [7, 11) is 0. The quantitative estimate of drug-likeness (QED) is 0.678. The van der Waals surface area contributed by atoms with E-state index < -0.39 is 0 Å². The molecule has 2 atom stereocenters. The summed E-state index contributed by atoms with van der Waals surface area (Å²) in [6.07, 6.45) is 3.57. The molecule has 0 aliphatic carbocycles. The number of ether oxygens (including phenoxy) is 2. The van der Waals surface area contributed by atoms with Crippen LogP contribution in [0.3, 0.4) is 0 Å². The number of amides is 1. The molecule has 30 heavy (non-hydrogen) atoms. The first-order valence-electron chi connectivity index (χ1n) is 10.0. The fourth-order valence-electron chi connectivity index (χ4n) is 4.46. The maximum atomic E-state index is 13.1. The molecule has 2 unspecified atom stereocenters. The minimum Gasteiger partial charge on any atom is -0.490 e. The van der Waals surface area contributed by atoms with Gasteiger partial charge in [-0.05, 0) is 55.3 Å². The lowest BCUT2D eigenvalue weighted by Gasteiger charge is -2.38. The normalized spacial score (nSPS) is 22.4. The molecule has 0 radical (unpaired) electrons. The number of carbonyl (C=O) groups is 1. The molecule has 4 rings (SSSR count). The third-order valence-corrected chi connectivity index (χ3v) is 5.97. The Labute approximate surface area is 180 Å². The van der Waals surface area contributed by atoms with Gasteiger partial charge in [0, 0.05) is 35.5 Å². The van der Waals surface area contributed by atoms with E-state index in [1.807, 2.05) is 4.90 Å². The second-order valence-corrected chi connectivity index (χ2v) is 8.16. The highest BCUT2D eigenvalue weighted by Gasteiger charge is 2.44. The molecule has 156 valence electrons. The largest absolute Gasteiger partial charge is 0.490 e. The predicted molar refractivity (Wildman–Crippen MR) is 110 cm³/mol. The van der Waals surface area contributed by atoms with Crippen LogP contribution < -0.4 is 9.47 Å². The van der Waals surface area contributed by atoms with Crippen molar-refractivity contribution in [2.45, 2.75) is 50.3 Å². The van der Waals surface area contributed by atoms with Gasteiger partial charge in [0.05, 0.1) is 12.5 Å². The second kappa shape index (κ2) is 8.93. The van der Waals surface area contributed by atoms with E-state index in [1.165, 1.54) is 12.1 Å². The fraction of sp³-hybridized carbons (Fsp3) is 0.391. The number of piperidine rings is 1. The first kappa shape index (κ1) is 20.5. The second-order valence-electron chi connectivity index (χ2n) is 7.73. The van der Waals surface area contributed by atoms with Crippen molar-refractivity contribution >= 4 is 17.5 Å². The number of benzene rings is 2. The average Bonchev–Trinajstić information content (AvgIpc) is 3.00. The molecule has 5 nitrogen and oxygen atoms in total. The van der Waals surface area contributed by atoms with Crippen LogP contribution in [0.5, 0.6) is 11.5 Å². The number of carbonyl (C=O) groups excluding carboxylic acids is 1. The maximum absolute atomic E-state index is 13.1. The molecule has 0 spiro atoms. The van der Waals surface area contributed by atoms with Crippen LogP contribution in [0.1, 0.15) is 31.2 Å². The molecule has 2 bridgehead atoms. The van der Waals surface area contributed by atoms with E-state index in [0.29, 0.717) is 22.1 Å². The lowest BCUT2D eigenvalue weighted by Crippen LogP contribution is -2.50. The Morgan fingerprint density at radius 3 is 2.53 bits per heavy atom. The van der Waals surface area contributed by atoms with Gasteiger partial charge in [-0.1, -0.05) is 11.6 Å². The summed E-state index contributed by atoms with van der Waals surface area (Å²) >= 11 is 5.99. The summed E-state index contributed by atoms with van der Waals surface area (Å²) in [5.74, 6) is 0.815. The van der Waals surface area contributed by atoms with E-state index in [-0.39, 0.29) is 42.9 Å². The minimum atomic E-state index is -0.290. The van der Waals surface area contributed by atoms with Crippen molar-refractivity contribution in [3.8, 4) is 17.6 Å². The van der Waals surface area contributed by atoms with Crippen molar-refractivity contribution in [1.29, 1.82) is 5.26 Å². The molecule has 2 aromatic carbocycles. The van der Waals surface area contributed by atoms with Crippen LogP contribution in [0.2, 0.25) is 5.02 Å². The van der Waals surface area contributed by atoms with Gasteiger partial charge in [-0.25, -0.2) is 4.39 Å². The average molecular weight is 429 g/mol. The van der Waals surface area contributed by atoms with E-state index in [2.05, 4.69) is 6.07 Å². The molecule has 2 aliphatic rings. The van der Waals surface area contributed by atoms with E-state index >= 15 is 0 Å². The van der Waals surface area contributed by atoms with Gasteiger partial charge in [-0.15, -0.1) is 0 Å². The Hall–Kier alpha value is -2.78. The monoisotopic (exact) mass is 428 g/mol. The molecule has 2 heterocycles. The number of nitriles is 1. The van der Waals surface area contributed by atoms with Crippen molar-refractivity contribution in [2.75, 3.05) is 6.61 Å². The zero-order chi connectivity index (χ0) is 21.1. The molecule has 0 saturated carbocycles. The van der Waals surface area contributed by atoms with Crippen molar-refractivity contribution in [1.82, 2.24) is 4.90 Å². The van der Waals surface area contributed by atoms with Crippen molar-refractivity contribution < 1.29 is 18.7 Å².